The first-order valence-electron chi connectivity index (χ1n) is 8.25. The topological polar surface area (TPSA) is 59.8 Å². The fraction of sp³-hybridized carbons (Fsp3) is 0.0500. The molecule has 0 fully saturated rings. The van der Waals surface area contributed by atoms with Crippen LogP contribution in [0.2, 0.25) is 5.02 Å². The molecule has 0 aliphatic rings. The molecule has 27 heavy (non-hydrogen) atoms. The number of halogens is 1. The summed E-state index contributed by atoms with van der Waals surface area (Å²) in [4.78, 5) is 18.0. The van der Waals surface area contributed by atoms with Crippen LogP contribution >= 0.6 is 22.9 Å². The van der Waals surface area contributed by atoms with E-state index in [0.717, 1.165) is 16.3 Å². The molecule has 4 aromatic rings. The molecule has 0 aliphatic carbocycles. The Hall–Kier alpha value is -2.96. The summed E-state index contributed by atoms with van der Waals surface area (Å²) in [5, 5.41) is 8.67. The van der Waals surface area contributed by atoms with Gasteiger partial charge in [0.25, 0.3) is 5.91 Å². The van der Waals surface area contributed by atoms with Gasteiger partial charge in [-0.05, 0) is 37.3 Å². The van der Waals surface area contributed by atoms with Gasteiger partial charge in [-0.25, -0.2) is 9.67 Å². The van der Waals surface area contributed by atoms with Crippen LogP contribution in [-0.4, -0.2) is 20.7 Å². The van der Waals surface area contributed by atoms with Gasteiger partial charge in [0.05, 0.1) is 17.1 Å². The lowest BCUT2D eigenvalue weighted by Crippen LogP contribution is -2.13. The van der Waals surface area contributed by atoms with Gasteiger partial charge in [0.15, 0.2) is 0 Å². The zero-order valence-electron chi connectivity index (χ0n) is 14.4. The minimum Gasteiger partial charge on any atom is -0.319 e. The number of para-hydroxylation sites is 2. The van der Waals surface area contributed by atoms with E-state index in [-0.39, 0.29) is 5.91 Å². The van der Waals surface area contributed by atoms with Crippen molar-refractivity contribution in [1.29, 1.82) is 0 Å². The molecule has 2 aromatic heterocycles. The highest BCUT2D eigenvalue weighted by molar-refractivity contribution is 7.17. The molecule has 2 aromatic carbocycles. The van der Waals surface area contributed by atoms with Crippen LogP contribution in [0.3, 0.4) is 0 Å². The van der Waals surface area contributed by atoms with Crippen LogP contribution in [0.1, 0.15) is 15.4 Å². The summed E-state index contributed by atoms with van der Waals surface area (Å²) in [6, 6.07) is 16.8. The molecule has 0 unspecified atom stereocenters. The van der Waals surface area contributed by atoms with Gasteiger partial charge in [-0.3, -0.25) is 4.79 Å². The Morgan fingerprint density at radius 2 is 1.89 bits per heavy atom. The minimum atomic E-state index is -0.190. The maximum absolute atomic E-state index is 12.9. The summed E-state index contributed by atoms with van der Waals surface area (Å²) in [5.74, 6) is -0.190. The minimum absolute atomic E-state index is 0.190. The zero-order valence-corrected chi connectivity index (χ0v) is 16.0. The molecule has 0 radical (unpaired) electrons. The highest BCUT2D eigenvalue weighted by Crippen LogP contribution is 2.30. The molecule has 1 N–H and O–H groups in total. The molecule has 0 saturated carbocycles. The third-order valence-corrected chi connectivity index (χ3v) is 5.45. The fourth-order valence-corrected chi connectivity index (χ4v) is 3.79. The predicted molar refractivity (Wildman–Crippen MR) is 109 cm³/mol. The Balaban J connectivity index is 1.62. The van der Waals surface area contributed by atoms with Gasteiger partial charge in [0.1, 0.15) is 9.88 Å². The monoisotopic (exact) mass is 394 g/mol. The number of nitrogens with one attached hydrogen (secondary N) is 1. The van der Waals surface area contributed by atoms with Crippen LogP contribution in [0.15, 0.2) is 67.0 Å². The van der Waals surface area contributed by atoms with Gasteiger partial charge in [0.2, 0.25) is 0 Å². The number of hydrogen-bond acceptors (Lipinski definition) is 4. The van der Waals surface area contributed by atoms with E-state index in [9.17, 15) is 4.79 Å². The van der Waals surface area contributed by atoms with Gasteiger partial charge < -0.3 is 5.32 Å². The Kier molecular flexibility index (Phi) is 4.75. The molecule has 0 saturated heterocycles. The maximum atomic E-state index is 12.9. The number of nitrogens with zero attached hydrogens (tertiary/aromatic N) is 3. The fourth-order valence-electron chi connectivity index (χ4n) is 2.69. The van der Waals surface area contributed by atoms with Crippen molar-refractivity contribution in [3.8, 4) is 16.3 Å². The Bertz CT molecular complexity index is 1090. The molecule has 0 aliphatic heterocycles. The number of hydrogen-bond donors (Lipinski definition) is 1. The SMILES string of the molecule is Cc1nc(-c2ccc(Cl)cc2)sc1C(=O)Nc1ccccc1-n1cccn1. The first-order valence-corrected chi connectivity index (χ1v) is 9.45. The van der Waals surface area contributed by atoms with Gasteiger partial charge in [0, 0.05) is 23.0 Å². The van der Waals surface area contributed by atoms with E-state index in [4.69, 9.17) is 11.6 Å². The largest absolute Gasteiger partial charge is 0.319 e. The number of amides is 1. The van der Waals surface area contributed by atoms with Crippen LogP contribution in [-0.2, 0) is 0 Å². The van der Waals surface area contributed by atoms with Crippen molar-refractivity contribution < 1.29 is 4.79 Å². The third kappa shape index (κ3) is 3.63. The molecular weight excluding hydrogens is 380 g/mol. The molecule has 0 bridgehead atoms. The number of benzene rings is 2. The second-order valence-electron chi connectivity index (χ2n) is 5.86. The first kappa shape index (κ1) is 17.5. The summed E-state index contributed by atoms with van der Waals surface area (Å²) in [6.45, 7) is 1.84. The molecule has 1 amide bonds. The third-order valence-electron chi connectivity index (χ3n) is 4.00. The number of rotatable bonds is 4. The second kappa shape index (κ2) is 7.34. The smallest absolute Gasteiger partial charge is 0.267 e. The summed E-state index contributed by atoms with van der Waals surface area (Å²) >= 11 is 7.31. The highest BCUT2D eigenvalue weighted by Gasteiger charge is 2.18. The van der Waals surface area contributed by atoms with Crippen LogP contribution in [0.5, 0.6) is 0 Å². The molecule has 4 rings (SSSR count). The van der Waals surface area contributed by atoms with Crippen molar-refractivity contribution in [3.05, 3.63) is 82.6 Å². The normalized spacial score (nSPS) is 10.7. The molecular formula is C20H15ClN4OS. The second-order valence-corrected chi connectivity index (χ2v) is 7.30. The van der Waals surface area contributed by atoms with Gasteiger partial charge in [-0.15, -0.1) is 11.3 Å². The Labute approximate surface area is 165 Å². The van der Waals surface area contributed by atoms with Crippen LogP contribution in [0.4, 0.5) is 5.69 Å². The van der Waals surface area contributed by atoms with E-state index in [1.54, 1.807) is 10.9 Å². The van der Waals surface area contributed by atoms with Gasteiger partial charge >= 0.3 is 0 Å². The molecule has 2 heterocycles. The average Bonchev–Trinajstić information content (AvgIpc) is 3.33. The summed E-state index contributed by atoms with van der Waals surface area (Å²) in [5.41, 5.74) is 3.12. The Morgan fingerprint density at radius 1 is 1.11 bits per heavy atom. The molecule has 0 atom stereocenters. The summed E-state index contributed by atoms with van der Waals surface area (Å²) < 4.78 is 1.72. The van der Waals surface area contributed by atoms with Gasteiger partial charge in [-0.1, -0.05) is 35.9 Å². The van der Waals surface area contributed by atoms with Crippen LogP contribution in [0.25, 0.3) is 16.3 Å². The van der Waals surface area contributed by atoms with E-state index in [1.165, 1.54) is 11.3 Å². The number of aryl methyl sites for hydroxylation is 1. The molecule has 7 heteroatoms. The lowest BCUT2D eigenvalue weighted by atomic mass is 10.2. The zero-order chi connectivity index (χ0) is 18.8. The van der Waals surface area contributed by atoms with Crippen molar-refractivity contribution in [1.82, 2.24) is 14.8 Å². The average molecular weight is 395 g/mol. The highest BCUT2D eigenvalue weighted by atomic mass is 35.5. The first-order chi connectivity index (χ1) is 13.1. The summed E-state index contributed by atoms with van der Waals surface area (Å²) in [6.07, 6.45) is 3.53. The van der Waals surface area contributed by atoms with E-state index in [0.29, 0.717) is 21.3 Å². The van der Waals surface area contributed by atoms with Crippen molar-refractivity contribution >= 4 is 34.5 Å². The number of carbonyl (C=O) groups is 1. The van der Waals surface area contributed by atoms with E-state index in [2.05, 4.69) is 15.4 Å². The Morgan fingerprint density at radius 3 is 2.63 bits per heavy atom. The standard InChI is InChI=1S/C20H15ClN4OS/c1-13-18(27-20(23-13)14-7-9-15(21)10-8-14)19(26)24-16-5-2-3-6-17(16)25-12-4-11-22-25/h2-12H,1H3,(H,24,26). The van der Waals surface area contributed by atoms with Crippen LogP contribution < -0.4 is 5.32 Å². The number of aromatic nitrogens is 3. The number of carbonyl (C=O) groups excluding carboxylic acids is 1. The van der Waals surface area contributed by atoms with E-state index >= 15 is 0 Å². The van der Waals surface area contributed by atoms with Crippen molar-refractivity contribution in [2.24, 2.45) is 0 Å². The van der Waals surface area contributed by atoms with Crippen molar-refractivity contribution in [2.75, 3.05) is 5.32 Å². The lowest BCUT2D eigenvalue weighted by Gasteiger charge is -2.10. The quantitative estimate of drug-likeness (QED) is 0.516. The molecule has 0 spiro atoms. The van der Waals surface area contributed by atoms with E-state index in [1.807, 2.05) is 67.7 Å². The van der Waals surface area contributed by atoms with Gasteiger partial charge in [-0.2, -0.15) is 5.10 Å². The van der Waals surface area contributed by atoms with Crippen LogP contribution in [0, 0.1) is 6.92 Å². The summed E-state index contributed by atoms with van der Waals surface area (Å²) in [7, 11) is 0. The van der Waals surface area contributed by atoms with Crippen molar-refractivity contribution in [3.63, 3.8) is 0 Å². The predicted octanol–water partition coefficient (Wildman–Crippen LogP) is 5.21. The lowest BCUT2D eigenvalue weighted by molar-refractivity contribution is 0.103. The number of thiazole rings is 1. The molecule has 134 valence electrons. The molecule has 5 nitrogen and oxygen atoms in total. The maximum Gasteiger partial charge on any atom is 0.267 e. The number of anilines is 1. The van der Waals surface area contributed by atoms with E-state index < -0.39 is 0 Å². The van der Waals surface area contributed by atoms with Crippen molar-refractivity contribution in [2.45, 2.75) is 6.92 Å².